The van der Waals surface area contributed by atoms with Crippen LogP contribution < -0.4 is 15.4 Å². The minimum atomic E-state index is -0.158. The highest BCUT2D eigenvalue weighted by molar-refractivity contribution is 7.22. The largest absolute Gasteiger partial charge is 0.497 e. The third-order valence-electron chi connectivity index (χ3n) is 6.79. The number of thiazole rings is 1. The molecule has 186 valence electrons. The van der Waals surface area contributed by atoms with Gasteiger partial charge in [-0.25, -0.2) is 4.98 Å². The molecule has 2 amide bonds. The van der Waals surface area contributed by atoms with Gasteiger partial charge in [-0.2, -0.15) is 0 Å². The van der Waals surface area contributed by atoms with Crippen molar-refractivity contribution in [2.45, 2.75) is 25.8 Å². The highest BCUT2D eigenvalue weighted by Gasteiger charge is 2.30. The number of amides is 2. The number of hydrogen-bond acceptors (Lipinski definition) is 5. The number of rotatable bonds is 7. The Kier molecular flexibility index (Phi) is 5.88. The molecule has 1 aliphatic carbocycles. The number of aromatic nitrogens is 2. The Bertz CT molecular complexity index is 1630. The number of carbonyl (C=O) groups excluding carboxylic acids is 2. The van der Waals surface area contributed by atoms with E-state index in [1.807, 2.05) is 61.5 Å². The molecule has 1 aliphatic rings. The molecule has 37 heavy (non-hydrogen) atoms. The third-order valence-corrected chi connectivity index (χ3v) is 7.72. The van der Waals surface area contributed by atoms with Crippen molar-refractivity contribution < 1.29 is 14.3 Å². The van der Waals surface area contributed by atoms with Crippen molar-refractivity contribution in [3.05, 3.63) is 78.0 Å². The van der Waals surface area contributed by atoms with E-state index in [0.717, 1.165) is 56.4 Å². The molecule has 0 saturated heterocycles. The Labute approximate surface area is 217 Å². The van der Waals surface area contributed by atoms with Crippen molar-refractivity contribution in [3.8, 4) is 16.9 Å². The summed E-state index contributed by atoms with van der Waals surface area (Å²) in [7, 11) is 1.63. The van der Waals surface area contributed by atoms with Gasteiger partial charge < -0.3 is 20.4 Å². The van der Waals surface area contributed by atoms with Gasteiger partial charge in [-0.15, -0.1) is 0 Å². The summed E-state index contributed by atoms with van der Waals surface area (Å²) in [5.41, 5.74) is 5.38. The van der Waals surface area contributed by atoms with Gasteiger partial charge in [0.15, 0.2) is 5.13 Å². The standard InChI is InChI=1S/C29H26N4O3S/c1-16(17-5-9-21(36-2)10-6-17)31-28(35)23-15-30-24-11-7-19(13-22(23)24)20-8-12-25-26(14-20)37-29(32-25)33-27(34)18-3-4-18/h5-16,18,30H,3-4H2,1-2H3,(H,31,35)(H,32,33,34)/t16-/m1/s1. The normalized spacial score (nSPS) is 14.0. The highest BCUT2D eigenvalue weighted by atomic mass is 32.1. The number of H-pyrrole nitrogens is 1. The van der Waals surface area contributed by atoms with Gasteiger partial charge in [0.25, 0.3) is 5.91 Å². The van der Waals surface area contributed by atoms with E-state index < -0.39 is 0 Å². The van der Waals surface area contributed by atoms with Crippen LogP contribution in [0.4, 0.5) is 5.13 Å². The average Bonchev–Trinajstić information content (AvgIpc) is 3.56. The number of fused-ring (bicyclic) bond motifs is 2. The number of nitrogens with one attached hydrogen (secondary N) is 3. The van der Waals surface area contributed by atoms with E-state index in [0.29, 0.717) is 10.7 Å². The predicted octanol–water partition coefficient (Wildman–Crippen LogP) is 6.29. The number of ether oxygens (including phenoxy) is 1. The van der Waals surface area contributed by atoms with Crippen molar-refractivity contribution in [2.24, 2.45) is 5.92 Å². The number of hydrogen-bond donors (Lipinski definition) is 3. The molecule has 1 saturated carbocycles. The topological polar surface area (TPSA) is 96.1 Å². The van der Waals surface area contributed by atoms with Crippen LogP contribution in [0, 0.1) is 5.92 Å². The molecular formula is C29H26N4O3S. The zero-order valence-corrected chi connectivity index (χ0v) is 21.3. The number of benzene rings is 3. The van der Waals surface area contributed by atoms with Gasteiger partial charge in [0, 0.05) is 23.0 Å². The van der Waals surface area contributed by atoms with Crippen LogP contribution in [0.15, 0.2) is 66.9 Å². The van der Waals surface area contributed by atoms with E-state index in [2.05, 4.69) is 26.7 Å². The Hall–Kier alpha value is -4.17. The smallest absolute Gasteiger partial charge is 0.253 e. The number of methoxy groups -OCH3 is 1. The molecule has 8 heteroatoms. The molecule has 0 unspecified atom stereocenters. The minimum Gasteiger partial charge on any atom is -0.497 e. The zero-order chi connectivity index (χ0) is 25.5. The number of aromatic amines is 1. The Morgan fingerprint density at radius 1 is 1.05 bits per heavy atom. The quantitative estimate of drug-likeness (QED) is 0.240. The molecule has 0 bridgehead atoms. The molecule has 5 aromatic rings. The molecule has 2 heterocycles. The molecule has 7 nitrogen and oxygen atoms in total. The number of carbonyl (C=O) groups is 2. The second-order valence-electron chi connectivity index (χ2n) is 9.40. The van der Waals surface area contributed by atoms with E-state index in [1.165, 1.54) is 11.3 Å². The van der Waals surface area contributed by atoms with Crippen molar-refractivity contribution in [1.29, 1.82) is 0 Å². The Balaban J connectivity index is 1.24. The Morgan fingerprint density at radius 2 is 1.81 bits per heavy atom. The zero-order valence-electron chi connectivity index (χ0n) is 20.5. The molecular weight excluding hydrogens is 484 g/mol. The maximum atomic E-state index is 13.2. The lowest BCUT2D eigenvalue weighted by molar-refractivity contribution is -0.117. The molecule has 0 radical (unpaired) electrons. The van der Waals surface area contributed by atoms with Gasteiger partial charge in [0.1, 0.15) is 5.75 Å². The van der Waals surface area contributed by atoms with Crippen molar-refractivity contribution in [3.63, 3.8) is 0 Å². The van der Waals surface area contributed by atoms with Crippen LogP contribution in [0.1, 0.15) is 41.7 Å². The molecule has 3 aromatic carbocycles. The molecule has 1 fully saturated rings. The van der Waals surface area contributed by atoms with Gasteiger partial charge in [-0.05, 0) is 72.9 Å². The first-order chi connectivity index (χ1) is 18.0. The second kappa shape index (κ2) is 9.37. The summed E-state index contributed by atoms with van der Waals surface area (Å²) in [5, 5.41) is 7.54. The van der Waals surface area contributed by atoms with Crippen LogP contribution in [0.5, 0.6) is 5.75 Å². The summed E-state index contributed by atoms with van der Waals surface area (Å²) in [6, 6.07) is 19.7. The lowest BCUT2D eigenvalue weighted by Gasteiger charge is -2.14. The second-order valence-corrected chi connectivity index (χ2v) is 10.4. The van der Waals surface area contributed by atoms with Gasteiger partial charge in [0.05, 0.1) is 28.9 Å². The van der Waals surface area contributed by atoms with Crippen LogP contribution in [0.25, 0.3) is 32.2 Å². The number of nitrogens with zero attached hydrogens (tertiary/aromatic N) is 1. The van der Waals surface area contributed by atoms with Crippen molar-refractivity contribution >= 4 is 49.4 Å². The maximum absolute atomic E-state index is 13.2. The predicted molar refractivity (Wildman–Crippen MR) is 147 cm³/mol. The average molecular weight is 511 g/mol. The lowest BCUT2D eigenvalue weighted by Crippen LogP contribution is -2.26. The molecule has 3 N–H and O–H groups in total. The SMILES string of the molecule is COc1ccc([C@@H](C)NC(=O)c2c[nH]c3ccc(-c4ccc5nc(NC(=O)C6CC6)sc5c4)cc23)cc1. The van der Waals surface area contributed by atoms with E-state index in [4.69, 9.17) is 4.74 Å². The molecule has 0 aliphatic heterocycles. The summed E-state index contributed by atoms with van der Waals surface area (Å²) >= 11 is 1.48. The van der Waals surface area contributed by atoms with E-state index in [1.54, 1.807) is 13.3 Å². The van der Waals surface area contributed by atoms with Crippen LogP contribution in [0.3, 0.4) is 0 Å². The van der Waals surface area contributed by atoms with Crippen molar-refractivity contribution in [1.82, 2.24) is 15.3 Å². The van der Waals surface area contributed by atoms with E-state index in [-0.39, 0.29) is 23.8 Å². The summed E-state index contributed by atoms with van der Waals surface area (Å²) in [5.74, 6) is 0.841. The third kappa shape index (κ3) is 4.68. The summed E-state index contributed by atoms with van der Waals surface area (Å²) in [4.78, 5) is 33.1. The van der Waals surface area contributed by atoms with Gasteiger partial charge >= 0.3 is 0 Å². The van der Waals surface area contributed by atoms with Crippen molar-refractivity contribution in [2.75, 3.05) is 12.4 Å². The van der Waals surface area contributed by atoms with Crippen LogP contribution in [0.2, 0.25) is 0 Å². The van der Waals surface area contributed by atoms with Crippen LogP contribution >= 0.6 is 11.3 Å². The molecule has 1 atom stereocenters. The lowest BCUT2D eigenvalue weighted by atomic mass is 10.0. The first kappa shape index (κ1) is 23.2. The fourth-order valence-electron chi connectivity index (χ4n) is 4.45. The number of anilines is 1. The van der Waals surface area contributed by atoms with Crippen LogP contribution in [-0.2, 0) is 4.79 Å². The maximum Gasteiger partial charge on any atom is 0.253 e. The molecule has 0 spiro atoms. The van der Waals surface area contributed by atoms with Crippen LogP contribution in [-0.4, -0.2) is 28.9 Å². The minimum absolute atomic E-state index is 0.0595. The summed E-state index contributed by atoms with van der Waals surface area (Å²) < 4.78 is 6.23. The van der Waals surface area contributed by atoms with Gasteiger partial charge in [-0.3, -0.25) is 9.59 Å². The first-order valence-corrected chi connectivity index (χ1v) is 13.1. The van der Waals surface area contributed by atoms with E-state index >= 15 is 0 Å². The highest BCUT2D eigenvalue weighted by Crippen LogP contribution is 2.34. The fraction of sp³-hybridized carbons (Fsp3) is 0.207. The van der Waals surface area contributed by atoms with Gasteiger partial charge in [-0.1, -0.05) is 35.6 Å². The molecule has 2 aromatic heterocycles. The monoisotopic (exact) mass is 510 g/mol. The Morgan fingerprint density at radius 3 is 2.57 bits per heavy atom. The summed E-state index contributed by atoms with van der Waals surface area (Å²) in [6.45, 7) is 1.96. The van der Waals surface area contributed by atoms with E-state index in [9.17, 15) is 9.59 Å². The summed E-state index contributed by atoms with van der Waals surface area (Å²) in [6.07, 6.45) is 3.68. The van der Waals surface area contributed by atoms with Gasteiger partial charge in [0.2, 0.25) is 5.91 Å². The first-order valence-electron chi connectivity index (χ1n) is 12.3. The molecule has 6 rings (SSSR count). The fourth-order valence-corrected chi connectivity index (χ4v) is 5.36.